The van der Waals surface area contributed by atoms with E-state index in [1.165, 1.54) is 4.90 Å². The van der Waals surface area contributed by atoms with E-state index in [-0.39, 0.29) is 38.1 Å². The van der Waals surface area contributed by atoms with Crippen LogP contribution >= 0.6 is 11.3 Å². The number of hydrogen-bond acceptors (Lipinski definition) is 10. The number of aryl methyl sites for hydroxylation is 1. The van der Waals surface area contributed by atoms with Crippen LogP contribution in [0.2, 0.25) is 0 Å². The topological polar surface area (TPSA) is 151 Å². The van der Waals surface area contributed by atoms with Crippen molar-refractivity contribution in [1.82, 2.24) is 25.8 Å². The summed E-state index contributed by atoms with van der Waals surface area (Å²) >= 11 is 1.58. The number of β-amino-alcohol motifs (C(OH)–C–C–N with tert-alkyl or cyclic N) is 1. The summed E-state index contributed by atoms with van der Waals surface area (Å²) in [5.74, 6) is -1.24. The second kappa shape index (κ2) is 17.7. The van der Waals surface area contributed by atoms with Gasteiger partial charge in [0.25, 0.3) is 0 Å². The van der Waals surface area contributed by atoms with Crippen molar-refractivity contribution >= 4 is 29.1 Å². The van der Waals surface area contributed by atoms with Gasteiger partial charge in [-0.25, -0.2) is 4.98 Å². The molecule has 3 amide bonds. The van der Waals surface area contributed by atoms with Crippen molar-refractivity contribution in [3.63, 3.8) is 0 Å². The lowest BCUT2D eigenvalue weighted by molar-refractivity contribution is -0.144. The number of likely N-dealkylation sites (tertiary alicyclic amines) is 1. The minimum atomic E-state index is -0.930. The molecule has 3 rings (SSSR count). The molecule has 250 valence electrons. The van der Waals surface area contributed by atoms with Crippen LogP contribution < -0.4 is 16.0 Å². The van der Waals surface area contributed by atoms with E-state index in [1.54, 1.807) is 11.3 Å². The number of rotatable bonds is 17. The van der Waals surface area contributed by atoms with E-state index >= 15 is 0 Å². The number of nitrogens with zero attached hydrogens (tertiary/aromatic N) is 2. The fourth-order valence-corrected chi connectivity index (χ4v) is 5.81. The number of nitrogens with one attached hydrogen (secondary N) is 3. The van der Waals surface area contributed by atoms with Gasteiger partial charge in [0.05, 0.1) is 61.3 Å². The molecule has 2 heterocycles. The first kappa shape index (κ1) is 36.5. The number of thiazole rings is 1. The van der Waals surface area contributed by atoms with Crippen LogP contribution in [0, 0.1) is 12.3 Å². The van der Waals surface area contributed by atoms with Gasteiger partial charge in [0.15, 0.2) is 0 Å². The van der Waals surface area contributed by atoms with Crippen molar-refractivity contribution < 1.29 is 33.7 Å². The highest BCUT2D eigenvalue weighted by molar-refractivity contribution is 7.13. The molecule has 12 nitrogen and oxygen atoms in total. The molecule has 0 bridgehead atoms. The Morgan fingerprint density at radius 2 is 1.69 bits per heavy atom. The lowest BCUT2D eigenvalue weighted by atomic mass is 9.85. The van der Waals surface area contributed by atoms with E-state index in [0.717, 1.165) is 28.2 Å². The van der Waals surface area contributed by atoms with Crippen LogP contribution in [0.5, 0.6) is 0 Å². The number of carbonyl (C=O) groups excluding carboxylic acids is 3. The average molecular weight is 648 g/mol. The maximum atomic E-state index is 13.8. The average Bonchev–Trinajstić information content (AvgIpc) is 3.61. The largest absolute Gasteiger partial charge is 0.391 e. The van der Waals surface area contributed by atoms with E-state index in [1.807, 2.05) is 71.4 Å². The molecule has 0 aliphatic carbocycles. The van der Waals surface area contributed by atoms with E-state index in [0.29, 0.717) is 26.4 Å². The number of hydrogen-bond donors (Lipinski definition) is 4. The normalized spacial score (nSPS) is 18.1. The molecule has 0 radical (unpaired) electrons. The van der Waals surface area contributed by atoms with Crippen molar-refractivity contribution in [3.05, 3.63) is 41.0 Å². The Bertz CT molecular complexity index is 1230. The van der Waals surface area contributed by atoms with Gasteiger partial charge >= 0.3 is 0 Å². The molecule has 1 aromatic heterocycles. The fourth-order valence-electron chi connectivity index (χ4n) is 5.00. The molecule has 13 heteroatoms. The third-order valence-corrected chi connectivity index (χ3v) is 8.51. The quantitative estimate of drug-likeness (QED) is 0.189. The molecule has 1 aliphatic heterocycles. The zero-order valence-electron chi connectivity index (χ0n) is 27.3. The Morgan fingerprint density at radius 3 is 2.29 bits per heavy atom. The second-order valence-corrected chi connectivity index (χ2v) is 13.1. The minimum absolute atomic E-state index is 0.00313. The first-order valence-corrected chi connectivity index (χ1v) is 16.3. The summed E-state index contributed by atoms with van der Waals surface area (Å²) in [6.07, 6.45) is -0.738. The molecule has 0 unspecified atom stereocenters. The smallest absolute Gasteiger partial charge is 0.246 e. The van der Waals surface area contributed by atoms with Crippen molar-refractivity contribution in [3.8, 4) is 10.4 Å². The molecule has 1 fully saturated rings. The number of ether oxygens (including phenoxy) is 3. The molecule has 4 atom stereocenters. The van der Waals surface area contributed by atoms with Gasteiger partial charge < -0.3 is 40.2 Å². The molecular weight excluding hydrogens is 598 g/mol. The number of likely N-dealkylation sites (N-methyl/N-ethyl adjacent to an activating group) is 1. The van der Waals surface area contributed by atoms with Crippen LogP contribution in [0.25, 0.3) is 10.4 Å². The Labute approximate surface area is 270 Å². The van der Waals surface area contributed by atoms with Crippen LogP contribution in [0.3, 0.4) is 0 Å². The molecule has 4 N–H and O–H groups in total. The first-order chi connectivity index (χ1) is 21.4. The highest BCUT2D eigenvalue weighted by atomic mass is 32.1. The summed E-state index contributed by atoms with van der Waals surface area (Å²) < 4.78 is 16.2. The molecule has 1 saturated heterocycles. The SMILES string of the molecule is CNCCOCCOCCOCC(=O)N[C@H](C(=O)N1C[C@H](O)C[C@H]1C(=O)N[C@@H](C)c1ccc(-c2scnc2C)cc1)C(C)(C)C. The zero-order valence-corrected chi connectivity index (χ0v) is 28.1. The Balaban J connectivity index is 1.53. The second-order valence-electron chi connectivity index (χ2n) is 12.3. The van der Waals surface area contributed by atoms with Crippen molar-refractivity contribution in [2.24, 2.45) is 5.41 Å². The highest BCUT2D eigenvalue weighted by Gasteiger charge is 2.44. The predicted octanol–water partition coefficient (Wildman–Crippen LogP) is 2.06. The summed E-state index contributed by atoms with van der Waals surface area (Å²) in [4.78, 5) is 46.8. The monoisotopic (exact) mass is 647 g/mol. The molecule has 45 heavy (non-hydrogen) atoms. The van der Waals surface area contributed by atoms with Gasteiger partial charge in [-0.1, -0.05) is 45.0 Å². The molecular formula is C32H49N5O7S. The van der Waals surface area contributed by atoms with E-state index in [4.69, 9.17) is 14.2 Å². The highest BCUT2D eigenvalue weighted by Crippen LogP contribution is 2.29. The Hall–Kier alpha value is -2.94. The van der Waals surface area contributed by atoms with Gasteiger partial charge in [0, 0.05) is 19.5 Å². The standard InChI is InChI=1S/C32H49N5O7S/c1-21(23-7-9-24(10-8-23)28-22(2)34-20-45-28)35-30(40)26-17-25(38)18-37(26)31(41)29(32(3,4)5)36-27(39)19-44-16-15-43-14-13-42-12-11-33-6/h7-10,20-21,25-26,29,33,38H,11-19H2,1-6H3,(H,35,40)(H,36,39)/t21-,25+,26-,29+/m0/s1. The molecule has 2 aromatic rings. The minimum Gasteiger partial charge on any atom is -0.391 e. The van der Waals surface area contributed by atoms with E-state index < -0.39 is 35.4 Å². The Kier molecular flexibility index (Phi) is 14.3. The number of aliphatic hydroxyl groups excluding tert-OH is 1. The van der Waals surface area contributed by atoms with Gasteiger partial charge in [-0.2, -0.15) is 0 Å². The van der Waals surface area contributed by atoms with Crippen LogP contribution in [0.1, 0.15) is 51.4 Å². The van der Waals surface area contributed by atoms with Gasteiger partial charge in [-0.15, -0.1) is 11.3 Å². The van der Waals surface area contributed by atoms with Gasteiger partial charge in [-0.05, 0) is 37.4 Å². The number of aromatic nitrogens is 1. The summed E-state index contributed by atoms with van der Waals surface area (Å²) in [6, 6.07) is 5.81. The molecule has 1 aliphatic rings. The lowest BCUT2D eigenvalue weighted by Crippen LogP contribution is -2.58. The molecule has 1 aromatic carbocycles. The van der Waals surface area contributed by atoms with Crippen LogP contribution in [-0.4, -0.2) is 111 Å². The number of carbonyl (C=O) groups is 3. The molecule has 0 spiro atoms. The van der Waals surface area contributed by atoms with Crippen LogP contribution in [-0.2, 0) is 28.6 Å². The van der Waals surface area contributed by atoms with Gasteiger partial charge in [-0.3, -0.25) is 14.4 Å². The summed E-state index contributed by atoms with van der Waals surface area (Å²) in [5.41, 5.74) is 4.09. The third-order valence-electron chi connectivity index (χ3n) is 7.53. The predicted molar refractivity (Wildman–Crippen MR) is 173 cm³/mol. The summed E-state index contributed by atoms with van der Waals surface area (Å²) in [7, 11) is 1.86. The third kappa shape index (κ3) is 11.1. The molecule has 0 saturated carbocycles. The van der Waals surface area contributed by atoms with Crippen LogP contribution in [0.4, 0.5) is 0 Å². The zero-order chi connectivity index (χ0) is 33.0. The number of benzene rings is 1. The number of amides is 3. The Morgan fingerprint density at radius 1 is 1.04 bits per heavy atom. The fraction of sp³-hybridized carbons (Fsp3) is 0.625. The van der Waals surface area contributed by atoms with Crippen molar-refractivity contribution in [2.45, 2.75) is 65.3 Å². The van der Waals surface area contributed by atoms with Crippen LogP contribution in [0.15, 0.2) is 29.8 Å². The lowest BCUT2D eigenvalue weighted by Gasteiger charge is -2.35. The van der Waals surface area contributed by atoms with Gasteiger partial charge in [0.2, 0.25) is 17.7 Å². The van der Waals surface area contributed by atoms with E-state index in [9.17, 15) is 19.5 Å². The number of aliphatic hydroxyl groups is 1. The van der Waals surface area contributed by atoms with Crippen molar-refractivity contribution in [2.75, 3.05) is 59.8 Å². The summed E-state index contributed by atoms with van der Waals surface area (Å²) in [5, 5.41) is 19.3. The van der Waals surface area contributed by atoms with Gasteiger partial charge in [0.1, 0.15) is 18.7 Å². The van der Waals surface area contributed by atoms with E-state index in [2.05, 4.69) is 20.9 Å². The summed E-state index contributed by atoms with van der Waals surface area (Å²) in [6.45, 7) is 11.9. The van der Waals surface area contributed by atoms with Crippen molar-refractivity contribution in [1.29, 1.82) is 0 Å². The maximum absolute atomic E-state index is 13.8. The first-order valence-electron chi connectivity index (χ1n) is 15.4. The maximum Gasteiger partial charge on any atom is 0.246 e.